The van der Waals surface area contributed by atoms with E-state index in [2.05, 4.69) is 6.92 Å². The second-order valence-electron chi connectivity index (χ2n) is 2.50. The van der Waals surface area contributed by atoms with Crippen LogP contribution < -0.4 is 0 Å². The first kappa shape index (κ1) is 10.2. The first-order chi connectivity index (χ1) is 5.31. The van der Waals surface area contributed by atoms with Gasteiger partial charge in [0.1, 0.15) is 0 Å². The summed E-state index contributed by atoms with van der Waals surface area (Å²) < 4.78 is 0. The van der Waals surface area contributed by atoms with Crippen LogP contribution in [-0.2, 0) is 0 Å². The number of hydrogen-bond donors (Lipinski definition) is 1. The summed E-state index contributed by atoms with van der Waals surface area (Å²) in [6.45, 7) is 2.12. The smallest absolute Gasteiger partial charge is 0.0850 e. The predicted molar refractivity (Wildman–Crippen MR) is 44.9 cm³/mol. The molecule has 0 heterocycles. The molecular weight excluding hydrogens is 138 g/mol. The van der Waals surface area contributed by atoms with Gasteiger partial charge in [0.15, 0.2) is 0 Å². The van der Waals surface area contributed by atoms with E-state index in [-0.39, 0.29) is 6.42 Å². The molecule has 0 aliphatic rings. The van der Waals surface area contributed by atoms with Gasteiger partial charge in [-0.15, -0.1) is 0 Å². The van der Waals surface area contributed by atoms with Crippen LogP contribution in [0.2, 0.25) is 0 Å². The van der Waals surface area contributed by atoms with Gasteiger partial charge in [-0.3, -0.25) is 0 Å². The van der Waals surface area contributed by atoms with E-state index in [1.165, 1.54) is 6.42 Å². The largest absolute Gasteiger partial charge is 0.388 e. The molecular formula is C9H15NO. The molecule has 0 amide bonds. The van der Waals surface area contributed by atoms with Gasteiger partial charge in [0.25, 0.3) is 0 Å². The Balaban J connectivity index is 3.34. The molecule has 62 valence electrons. The highest BCUT2D eigenvalue weighted by atomic mass is 16.3. The second kappa shape index (κ2) is 7.30. The molecule has 0 aliphatic heterocycles. The standard InChI is InChI=1S/C9H15NO/c1-2-3-4-5-6-9(11)7-8-10/h5-6,9,11H,2-4,7H2,1H3. The van der Waals surface area contributed by atoms with Crippen molar-refractivity contribution in [3.05, 3.63) is 12.2 Å². The van der Waals surface area contributed by atoms with Gasteiger partial charge in [0.05, 0.1) is 18.6 Å². The maximum atomic E-state index is 9.04. The third-order valence-corrected chi connectivity index (χ3v) is 1.38. The zero-order valence-electron chi connectivity index (χ0n) is 6.95. The van der Waals surface area contributed by atoms with Crippen molar-refractivity contribution in [2.45, 2.75) is 38.7 Å². The van der Waals surface area contributed by atoms with E-state index < -0.39 is 6.10 Å². The first-order valence-corrected chi connectivity index (χ1v) is 4.03. The molecule has 1 atom stereocenters. The molecule has 0 saturated carbocycles. The van der Waals surface area contributed by atoms with Crippen LogP contribution in [0.4, 0.5) is 0 Å². The van der Waals surface area contributed by atoms with Gasteiger partial charge in [-0.05, 0) is 6.42 Å². The fourth-order valence-electron chi connectivity index (χ4n) is 0.737. The number of unbranched alkanes of at least 4 members (excludes halogenated alkanes) is 2. The summed E-state index contributed by atoms with van der Waals surface area (Å²) in [4.78, 5) is 0. The average Bonchev–Trinajstić information content (AvgIpc) is 1.99. The minimum Gasteiger partial charge on any atom is -0.388 e. The molecule has 0 spiro atoms. The normalized spacial score (nSPS) is 13.2. The molecule has 1 N–H and O–H groups in total. The SMILES string of the molecule is CCCCC=CC(O)CC#N. The summed E-state index contributed by atoms with van der Waals surface area (Å²) in [5.41, 5.74) is 0. The molecule has 0 rings (SSSR count). The highest BCUT2D eigenvalue weighted by molar-refractivity contribution is 4.92. The van der Waals surface area contributed by atoms with Crippen LogP contribution in [0.15, 0.2) is 12.2 Å². The van der Waals surface area contributed by atoms with Crippen LogP contribution in [-0.4, -0.2) is 11.2 Å². The molecule has 0 aromatic carbocycles. The zero-order chi connectivity index (χ0) is 8.53. The maximum absolute atomic E-state index is 9.04. The highest BCUT2D eigenvalue weighted by Crippen LogP contribution is 1.98. The quantitative estimate of drug-likeness (QED) is 0.485. The van der Waals surface area contributed by atoms with Gasteiger partial charge < -0.3 is 5.11 Å². The molecule has 11 heavy (non-hydrogen) atoms. The van der Waals surface area contributed by atoms with Gasteiger partial charge in [-0.2, -0.15) is 5.26 Å². The van der Waals surface area contributed by atoms with E-state index in [4.69, 9.17) is 10.4 Å². The minimum absolute atomic E-state index is 0.197. The Bertz CT molecular complexity index is 146. The molecule has 2 heteroatoms. The van der Waals surface area contributed by atoms with E-state index in [0.717, 1.165) is 12.8 Å². The molecule has 0 aliphatic carbocycles. The van der Waals surface area contributed by atoms with E-state index in [0.29, 0.717) is 0 Å². The number of aliphatic hydroxyl groups is 1. The molecule has 2 nitrogen and oxygen atoms in total. The van der Waals surface area contributed by atoms with Crippen LogP contribution in [0.1, 0.15) is 32.6 Å². The van der Waals surface area contributed by atoms with Crippen molar-refractivity contribution in [1.82, 2.24) is 0 Å². The van der Waals surface area contributed by atoms with E-state index >= 15 is 0 Å². The van der Waals surface area contributed by atoms with Gasteiger partial charge in [-0.25, -0.2) is 0 Å². The lowest BCUT2D eigenvalue weighted by Crippen LogP contribution is -1.98. The van der Waals surface area contributed by atoms with Crippen LogP contribution in [0.3, 0.4) is 0 Å². The van der Waals surface area contributed by atoms with Crippen molar-refractivity contribution >= 4 is 0 Å². The fourth-order valence-corrected chi connectivity index (χ4v) is 0.737. The topological polar surface area (TPSA) is 44.0 Å². The van der Waals surface area contributed by atoms with Crippen LogP contribution in [0.25, 0.3) is 0 Å². The molecule has 0 saturated heterocycles. The fraction of sp³-hybridized carbons (Fsp3) is 0.667. The van der Waals surface area contributed by atoms with Crippen molar-refractivity contribution in [3.63, 3.8) is 0 Å². The Labute approximate surface area is 68.2 Å². The summed E-state index contributed by atoms with van der Waals surface area (Å²) in [5.74, 6) is 0. The Hall–Kier alpha value is -0.810. The van der Waals surface area contributed by atoms with Gasteiger partial charge in [0, 0.05) is 0 Å². The number of nitrogens with zero attached hydrogens (tertiary/aromatic N) is 1. The highest BCUT2D eigenvalue weighted by Gasteiger charge is 1.94. The lowest BCUT2D eigenvalue weighted by atomic mass is 10.2. The number of hydrogen-bond acceptors (Lipinski definition) is 2. The van der Waals surface area contributed by atoms with Gasteiger partial charge in [-0.1, -0.05) is 31.9 Å². The number of allylic oxidation sites excluding steroid dienone is 1. The Morgan fingerprint density at radius 1 is 1.64 bits per heavy atom. The molecule has 0 aromatic rings. The van der Waals surface area contributed by atoms with Gasteiger partial charge >= 0.3 is 0 Å². The molecule has 0 radical (unpaired) electrons. The Kier molecular flexibility index (Phi) is 6.76. The molecule has 0 aromatic heterocycles. The molecule has 0 bridgehead atoms. The summed E-state index contributed by atoms with van der Waals surface area (Å²) in [6, 6.07) is 1.91. The third kappa shape index (κ3) is 7.08. The van der Waals surface area contributed by atoms with E-state index in [9.17, 15) is 0 Å². The third-order valence-electron chi connectivity index (χ3n) is 1.38. The van der Waals surface area contributed by atoms with Crippen LogP contribution >= 0.6 is 0 Å². The van der Waals surface area contributed by atoms with Gasteiger partial charge in [0.2, 0.25) is 0 Å². The van der Waals surface area contributed by atoms with Crippen molar-refractivity contribution in [2.24, 2.45) is 0 Å². The minimum atomic E-state index is -0.572. The summed E-state index contributed by atoms with van der Waals surface area (Å²) in [7, 11) is 0. The zero-order valence-corrected chi connectivity index (χ0v) is 6.95. The predicted octanol–water partition coefficient (Wildman–Crippen LogP) is 2.01. The number of nitriles is 1. The van der Waals surface area contributed by atoms with Crippen molar-refractivity contribution < 1.29 is 5.11 Å². The summed E-state index contributed by atoms with van der Waals surface area (Å²) in [5, 5.41) is 17.2. The Morgan fingerprint density at radius 3 is 2.91 bits per heavy atom. The number of aliphatic hydroxyl groups excluding tert-OH is 1. The second-order valence-corrected chi connectivity index (χ2v) is 2.50. The van der Waals surface area contributed by atoms with Crippen LogP contribution in [0, 0.1) is 11.3 Å². The van der Waals surface area contributed by atoms with E-state index in [1.54, 1.807) is 6.08 Å². The first-order valence-electron chi connectivity index (χ1n) is 4.03. The number of rotatable bonds is 5. The summed E-state index contributed by atoms with van der Waals surface area (Å²) in [6.07, 6.45) is 6.57. The molecule has 1 unspecified atom stereocenters. The summed E-state index contributed by atoms with van der Waals surface area (Å²) >= 11 is 0. The lowest BCUT2D eigenvalue weighted by molar-refractivity contribution is 0.228. The lowest BCUT2D eigenvalue weighted by Gasteiger charge is -1.96. The monoisotopic (exact) mass is 153 g/mol. The van der Waals surface area contributed by atoms with Crippen molar-refractivity contribution in [2.75, 3.05) is 0 Å². The maximum Gasteiger partial charge on any atom is 0.0850 e. The Morgan fingerprint density at radius 2 is 2.36 bits per heavy atom. The van der Waals surface area contributed by atoms with Crippen molar-refractivity contribution in [3.8, 4) is 6.07 Å². The molecule has 0 fully saturated rings. The average molecular weight is 153 g/mol. The van der Waals surface area contributed by atoms with E-state index in [1.807, 2.05) is 12.1 Å². The van der Waals surface area contributed by atoms with Crippen LogP contribution in [0.5, 0.6) is 0 Å². The van der Waals surface area contributed by atoms with Crippen molar-refractivity contribution in [1.29, 1.82) is 5.26 Å².